The van der Waals surface area contributed by atoms with Gasteiger partial charge in [0.25, 0.3) is 0 Å². The first-order chi connectivity index (χ1) is 5.04. The Labute approximate surface area is 67.7 Å². The minimum absolute atomic E-state index is 0.373. The lowest BCUT2D eigenvalue weighted by Gasteiger charge is -1.97. The third-order valence-corrected chi connectivity index (χ3v) is 1.01. The molecule has 0 fully saturated rings. The van der Waals surface area contributed by atoms with Crippen LogP contribution in [0.15, 0.2) is 34.8 Å². The predicted molar refractivity (Wildman–Crippen MR) is 47.0 cm³/mol. The monoisotopic (exact) mass is 153 g/mol. The molecule has 0 radical (unpaired) electrons. The molecule has 0 atom stereocenters. The molecular formula is C8H15N3. The fraction of sp³-hybridized carbons (Fsp3) is 0.500. The number of rotatable bonds is 4. The van der Waals surface area contributed by atoms with Crippen molar-refractivity contribution in [3.05, 3.63) is 24.6 Å². The van der Waals surface area contributed by atoms with Crippen LogP contribution < -0.4 is 5.73 Å². The van der Waals surface area contributed by atoms with E-state index in [-0.39, 0.29) is 0 Å². The summed E-state index contributed by atoms with van der Waals surface area (Å²) in [5.74, 6) is 0.512. The number of nitrogens with two attached hydrogens (primary N) is 1. The van der Waals surface area contributed by atoms with Gasteiger partial charge in [0.05, 0.1) is 12.2 Å². The number of hydrogen-bond acceptors (Lipinski definition) is 3. The Balaban J connectivity index is 3.75. The van der Waals surface area contributed by atoms with E-state index in [1.54, 1.807) is 0 Å². The average molecular weight is 153 g/mol. The van der Waals surface area contributed by atoms with Gasteiger partial charge in [-0.25, -0.2) is 0 Å². The highest BCUT2D eigenvalue weighted by atomic mass is 15.1. The van der Waals surface area contributed by atoms with E-state index in [1.165, 1.54) is 0 Å². The van der Waals surface area contributed by atoms with Gasteiger partial charge in [-0.1, -0.05) is 27.0 Å². The standard InChI is InChI=1S/C8H15N3/c1-6(2)5-10-11-8(4)7(3)9/h6H,3-5,9H2,1-2H3. The molecule has 11 heavy (non-hydrogen) atoms. The van der Waals surface area contributed by atoms with Crippen molar-refractivity contribution >= 4 is 0 Å². The van der Waals surface area contributed by atoms with E-state index in [0.717, 1.165) is 0 Å². The summed E-state index contributed by atoms with van der Waals surface area (Å²) in [6.45, 7) is 11.9. The molecule has 3 nitrogen and oxygen atoms in total. The number of azo groups is 1. The van der Waals surface area contributed by atoms with Crippen molar-refractivity contribution in [1.29, 1.82) is 0 Å². The third-order valence-electron chi connectivity index (χ3n) is 1.01. The summed E-state index contributed by atoms with van der Waals surface area (Å²) in [4.78, 5) is 0. The second kappa shape index (κ2) is 4.66. The number of hydrogen-bond donors (Lipinski definition) is 1. The van der Waals surface area contributed by atoms with Crippen LogP contribution in [0.1, 0.15) is 13.8 Å². The number of nitrogens with zero attached hydrogens (tertiary/aromatic N) is 2. The molecule has 0 aromatic rings. The molecule has 62 valence electrons. The molecule has 3 heteroatoms. The molecule has 0 unspecified atom stereocenters. The summed E-state index contributed by atoms with van der Waals surface area (Å²) in [5, 5.41) is 7.65. The van der Waals surface area contributed by atoms with E-state index < -0.39 is 0 Å². The van der Waals surface area contributed by atoms with E-state index in [0.29, 0.717) is 23.9 Å². The molecule has 0 aromatic heterocycles. The largest absolute Gasteiger partial charge is 0.397 e. The van der Waals surface area contributed by atoms with E-state index in [4.69, 9.17) is 5.73 Å². The average Bonchev–Trinajstić information content (AvgIpc) is 1.86. The van der Waals surface area contributed by atoms with Crippen molar-refractivity contribution < 1.29 is 0 Å². The van der Waals surface area contributed by atoms with Crippen LogP contribution in [0.3, 0.4) is 0 Å². The predicted octanol–water partition coefficient (Wildman–Crippen LogP) is 2.08. The highest BCUT2D eigenvalue weighted by Crippen LogP contribution is 2.01. The van der Waals surface area contributed by atoms with Gasteiger partial charge in [0.1, 0.15) is 5.70 Å². The van der Waals surface area contributed by atoms with Gasteiger partial charge < -0.3 is 5.73 Å². The van der Waals surface area contributed by atoms with Crippen molar-refractivity contribution in [3.8, 4) is 0 Å². The lowest BCUT2D eigenvalue weighted by molar-refractivity contribution is 0.644. The zero-order valence-corrected chi connectivity index (χ0v) is 7.17. The summed E-state index contributed by atoms with van der Waals surface area (Å²) in [6, 6.07) is 0. The molecule has 0 aliphatic rings. The Morgan fingerprint density at radius 1 is 1.45 bits per heavy atom. The van der Waals surface area contributed by atoms with E-state index in [9.17, 15) is 0 Å². The molecule has 0 saturated carbocycles. The van der Waals surface area contributed by atoms with Gasteiger partial charge in [-0.2, -0.15) is 10.2 Å². The van der Waals surface area contributed by atoms with Gasteiger partial charge in [-0.15, -0.1) is 0 Å². The SMILES string of the molecule is C=C(N)C(=C)N=NCC(C)C. The van der Waals surface area contributed by atoms with Gasteiger partial charge in [-0.3, -0.25) is 0 Å². The van der Waals surface area contributed by atoms with Crippen LogP contribution >= 0.6 is 0 Å². The third kappa shape index (κ3) is 5.33. The smallest absolute Gasteiger partial charge is 0.100 e. The Kier molecular flexibility index (Phi) is 4.18. The fourth-order valence-electron chi connectivity index (χ4n) is 0.354. The Bertz CT molecular complexity index is 180. The van der Waals surface area contributed by atoms with Crippen molar-refractivity contribution in [2.45, 2.75) is 13.8 Å². The molecule has 0 bridgehead atoms. The lowest BCUT2D eigenvalue weighted by atomic mass is 10.2. The highest BCUT2D eigenvalue weighted by molar-refractivity contribution is 5.18. The van der Waals surface area contributed by atoms with Crippen molar-refractivity contribution in [1.82, 2.24) is 0 Å². The van der Waals surface area contributed by atoms with Gasteiger partial charge in [-0.05, 0) is 5.92 Å². The molecule has 2 N–H and O–H groups in total. The summed E-state index contributed by atoms with van der Waals surface area (Å²) in [6.07, 6.45) is 0. The second-order valence-corrected chi connectivity index (χ2v) is 2.79. The molecule has 0 aromatic carbocycles. The minimum atomic E-state index is 0.373. The highest BCUT2D eigenvalue weighted by Gasteiger charge is 1.92. The van der Waals surface area contributed by atoms with E-state index in [2.05, 4.69) is 37.2 Å². The van der Waals surface area contributed by atoms with Gasteiger partial charge >= 0.3 is 0 Å². The van der Waals surface area contributed by atoms with E-state index >= 15 is 0 Å². The molecule has 0 aliphatic heterocycles. The lowest BCUT2D eigenvalue weighted by Crippen LogP contribution is -1.96. The Morgan fingerprint density at radius 2 is 2.00 bits per heavy atom. The zero-order valence-electron chi connectivity index (χ0n) is 7.17. The van der Waals surface area contributed by atoms with Crippen LogP contribution in [-0.2, 0) is 0 Å². The topological polar surface area (TPSA) is 50.7 Å². The van der Waals surface area contributed by atoms with Crippen LogP contribution in [0.2, 0.25) is 0 Å². The maximum Gasteiger partial charge on any atom is 0.100 e. The Hall–Kier alpha value is -1.12. The maximum absolute atomic E-state index is 5.31. The van der Waals surface area contributed by atoms with Crippen LogP contribution in [0.5, 0.6) is 0 Å². The first-order valence-corrected chi connectivity index (χ1v) is 3.55. The first kappa shape index (κ1) is 9.88. The summed E-state index contributed by atoms with van der Waals surface area (Å²) in [5.41, 5.74) is 6.13. The molecule has 0 spiro atoms. The van der Waals surface area contributed by atoms with Gasteiger partial charge in [0, 0.05) is 0 Å². The molecule has 0 rings (SSSR count). The molecule has 0 saturated heterocycles. The maximum atomic E-state index is 5.31. The first-order valence-electron chi connectivity index (χ1n) is 3.55. The van der Waals surface area contributed by atoms with Crippen LogP contribution in [0, 0.1) is 5.92 Å². The summed E-state index contributed by atoms with van der Waals surface area (Å²) in [7, 11) is 0. The van der Waals surface area contributed by atoms with Gasteiger partial charge in [0.15, 0.2) is 0 Å². The Morgan fingerprint density at radius 3 is 2.36 bits per heavy atom. The van der Waals surface area contributed by atoms with Crippen LogP contribution in [-0.4, -0.2) is 6.54 Å². The summed E-state index contributed by atoms with van der Waals surface area (Å²) >= 11 is 0. The molecule has 0 aliphatic carbocycles. The second-order valence-electron chi connectivity index (χ2n) is 2.79. The normalized spacial score (nSPS) is 10.8. The molecule has 0 amide bonds. The van der Waals surface area contributed by atoms with Gasteiger partial charge in [0.2, 0.25) is 0 Å². The molecular weight excluding hydrogens is 138 g/mol. The molecule has 0 heterocycles. The minimum Gasteiger partial charge on any atom is -0.397 e. The fourth-order valence-corrected chi connectivity index (χ4v) is 0.354. The van der Waals surface area contributed by atoms with Crippen molar-refractivity contribution in [2.75, 3.05) is 6.54 Å². The van der Waals surface area contributed by atoms with Crippen molar-refractivity contribution in [2.24, 2.45) is 21.9 Å². The van der Waals surface area contributed by atoms with E-state index in [1.807, 2.05) is 0 Å². The zero-order chi connectivity index (χ0) is 8.85. The summed E-state index contributed by atoms with van der Waals surface area (Å²) < 4.78 is 0. The quantitative estimate of drug-likeness (QED) is 0.488. The van der Waals surface area contributed by atoms with Crippen LogP contribution in [0.4, 0.5) is 0 Å². The van der Waals surface area contributed by atoms with Crippen LogP contribution in [0.25, 0.3) is 0 Å². The van der Waals surface area contributed by atoms with Crippen molar-refractivity contribution in [3.63, 3.8) is 0 Å².